The number of fused-ring (bicyclic) bond motifs is 13. The molecule has 0 aliphatic heterocycles. The predicted octanol–water partition coefficient (Wildman–Crippen LogP) is 23.3. The molecule has 0 N–H and O–H groups in total. The van der Waals surface area contributed by atoms with Gasteiger partial charge in [0.25, 0.3) is 0 Å². The van der Waals surface area contributed by atoms with Crippen molar-refractivity contribution in [1.29, 1.82) is 0 Å². The lowest BCUT2D eigenvalue weighted by Gasteiger charge is -2.13. The van der Waals surface area contributed by atoms with Crippen LogP contribution in [0.4, 0.5) is 0 Å². The van der Waals surface area contributed by atoms with E-state index in [0.717, 1.165) is 209 Å². The van der Waals surface area contributed by atoms with Gasteiger partial charge in [-0.2, -0.15) is 0 Å². The number of para-hydroxylation sites is 2. The third-order valence-electron chi connectivity index (χ3n) is 20.1. The van der Waals surface area contributed by atoms with Gasteiger partial charge in [-0.3, -0.25) is 24.9 Å². The maximum absolute atomic E-state index is 5.18. The highest BCUT2D eigenvalue weighted by molar-refractivity contribution is 6.11. The van der Waals surface area contributed by atoms with Crippen molar-refractivity contribution in [2.45, 2.75) is 0 Å². The van der Waals surface area contributed by atoms with Crippen LogP contribution >= 0.6 is 0 Å². The highest BCUT2D eigenvalue weighted by atomic mass is 14.8. The molecule has 0 amide bonds. The highest BCUT2D eigenvalue weighted by Gasteiger charge is 2.17. The Morgan fingerprint density at radius 3 is 1.04 bits per heavy atom. The molecular formula is C94H56N10. The number of nitrogens with zero attached hydrogens (tertiary/aromatic N) is 10. The maximum atomic E-state index is 5.18. The minimum Gasteiger partial charge on any atom is -0.256 e. The van der Waals surface area contributed by atoms with Crippen LogP contribution in [0.2, 0.25) is 0 Å². The van der Waals surface area contributed by atoms with Crippen LogP contribution in [-0.2, 0) is 0 Å². The van der Waals surface area contributed by atoms with E-state index in [1.54, 1.807) is 0 Å². The highest BCUT2D eigenvalue weighted by Crippen LogP contribution is 2.40. The topological polar surface area (TPSA) is 129 Å². The van der Waals surface area contributed by atoms with Crippen LogP contribution in [0.15, 0.2) is 340 Å². The second kappa shape index (κ2) is 24.9. The van der Waals surface area contributed by atoms with Crippen LogP contribution in [0.3, 0.4) is 0 Å². The van der Waals surface area contributed by atoms with Gasteiger partial charge in [0.1, 0.15) is 0 Å². The smallest absolute Gasteiger partial charge is 0.0972 e. The molecular weight excluding hydrogens is 1270 g/mol. The summed E-state index contributed by atoms with van der Waals surface area (Å²) in [5, 5.41) is 13.2. The Morgan fingerprint density at radius 2 is 0.510 bits per heavy atom. The van der Waals surface area contributed by atoms with Crippen molar-refractivity contribution >= 4 is 120 Å². The zero-order chi connectivity index (χ0) is 68.6. The lowest BCUT2D eigenvalue weighted by molar-refractivity contribution is 1.35. The van der Waals surface area contributed by atoms with Crippen LogP contribution < -0.4 is 0 Å². The summed E-state index contributed by atoms with van der Waals surface area (Å²) >= 11 is 0. The molecule has 482 valence electrons. The molecule has 10 heterocycles. The quantitative estimate of drug-likeness (QED) is 0.136. The van der Waals surface area contributed by atoms with E-state index < -0.39 is 0 Å². The van der Waals surface area contributed by atoms with E-state index in [1.165, 1.54) is 0 Å². The third-order valence-corrected chi connectivity index (χ3v) is 20.1. The molecule has 0 fully saturated rings. The molecule has 21 rings (SSSR count). The van der Waals surface area contributed by atoms with Gasteiger partial charge in [0.05, 0.1) is 83.6 Å². The van der Waals surface area contributed by atoms with Crippen LogP contribution in [0.5, 0.6) is 0 Å². The zero-order valence-electron chi connectivity index (χ0n) is 55.8. The summed E-state index contributed by atoms with van der Waals surface area (Å²) in [7, 11) is 0. The van der Waals surface area contributed by atoms with Gasteiger partial charge in [0.2, 0.25) is 0 Å². The molecule has 10 heteroatoms. The van der Waals surface area contributed by atoms with Crippen molar-refractivity contribution in [3.8, 4) is 89.7 Å². The molecule has 0 saturated carbocycles. The normalized spacial score (nSPS) is 11.7. The summed E-state index contributed by atoms with van der Waals surface area (Å²) in [6.07, 6.45) is 9.29. The molecule has 11 aromatic carbocycles. The van der Waals surface area contributed by atoms with Crippen LogP contribution in [-0.4, -0.2) is 49.8 Å². The second-order valence-electron chi connectivity index (χ2n) is 26.3. The van der Waals surface area contributed by atoms with E-state index in [1.807, 2.05) is 85.6 Å². The summed E-state index contributed by atoms with van der Waals surface area (Å²) in [6.45, 7) is 0. The van der Waals surface area contributed by atoms with Gasteiger partial charge < -0.3 is 0 Å². The van der Waals surface area contributed by atoms with Crippen molar-refractivity contribution in [2.24, 2.45) is 0 Å². The Bertz CT molecular complexity index is 7080. The van der Waals surface area contributed by atoms with E-state index in [0.29, 0.717) is 0 Å². The molecule has 10 nitrogen and oxygen atoms in total. The molecule has 0 unspecified atom stereocenters. The zero-order valence-corrected chi connectivity index (χ0v) is 55.8. The number of benzene rings is 11. The van der Waals surface area contributed by atoms with Crippen molar-refractivity contribution in [3.63, 3.8) is 0 Å². The minimum atomic E-state index is 0.915. The summed E-state index contributed by atoms with van der Waals surface area (Å²) in [4.78, 5) is 48.5. The Labute approximate surface area is 596 Å². The van der Waals surface area contributed by atoms with Crippen LogP contribution in [0.25, 0.3) is 209 Å². The summed E-state index contributed by atoms with van der Waals surface area (Å²) in [6, 6.07) is 108. The molecule has 0 saturated heterocycles. The fraction of sp³-hybridized carbons (Fsp3) is 0. The Hall–Kier alpha value is -14.2. The molecule has 0 radical (unpaired) electrons. The summed E-state index contributed by atoms with van der Waals surface area (Å²) in [5.74, 6) is 0. The average molecular weight is 1330 g/mol. The van der Waals surface area contributed by atoms with Gasteiger partial charge in [-0.25, -0.2) is 24.9 Å². The van der Waals surface area contributed by atoms with Crippen molar-refractivity contribution < 1.29 is 0 Å². The first-order valence-corrected chi connectivity index (χ1v) is 34.7. The van der Waals surface area contributed by atoms with E-state index >= 15 is 0 Å². The number of hydrogen-bond acceptors (Lipinski definition) is 10. The number of hydrogen-bond donors (Lipinski definition) is 0. The third kappa shape index (κ3) is 10.9. The van der Waals surface area contributed by atoms with E-state index in [-0.39, 0.29) is 0 Å². The Morgan fingerprint density at radius 1 is 0.163 bits per heavy atom. The Kier molecular flexibility index (Phi) is 14.3. The second-order valence-corrected chi connectivity index (χ2v) is 26.3. The largest absolute Gasteiger partial charge is 0.256 e. The summed E-state index contributed by atoms with van der Waals surface area (Å²) in [5.41, 5.74) is 26.3. The van der Waals surface area contributed by atoms with Crippen LogP contribution in [0, 0.1) is 0 Å². The molecule has 0 spiro atoms. The maximum Gasteiger partial charge on any atom is 0.0972 e. The first-order chi connectivity index (χ1) is 51.4. The van der Waals surface area contributed by atoms with Gasteiger partial charge in [-0.05, 0) is 172 Å². The molecule has 0 aliphatic carbocycles. The van der Waals surface area contributed by atoms with Gasteiger partial charge >= 0.3 is 0 Å². The lowest BCUT2D eigenvalue weighted by atomic mass is 9.95. The van der Waals surface area contributed by atoms with E-state index in [2.05, 4.69) is 280 Å². The average Bonchev–Trinajstić information content (AvgIpc) is 0.763. The number of rotatable bonds is 8. The Balaban J connectivity index is 0.000000139. The summed E-state index contributed by atoms with van der Waals surface area (Å²) < 4.78 is 0. The molecule has 104 heavy (non-hydrogen) atoms. The van der Waals surface area contributed by atoms with Crippen molar-refractivity contribution in [2.75, 3.05) is 0 Å². The molecule has 21 aromatic rings. The van der Waals surface area contributed by atoms with Gasteiger partial charge in [0, 0.05) is 113 Å². The molecule has 0 atom stereocenters. The van der Waals surface area contributed by atoms with E-state index in [9.17, 15) is 0 Å². The van der Waals surface area contributed by atoms with Gasteiger partial charge in [-0.15, -0.1) is 0 Å². The standard InChI is InChI=1S/C49H29N5.C45H27N5/c1-4-10-42-34(6-1)28-37(29-51-42)45-22-16-35-26-32(14-20-43(35)52-45)33-15-21-44-36(27-33)17-24-46(53-44)40-18-19-41(39-9-3-2-8-38(39)40)47-23-13-31-12-11-30-7-5-25-50-48(30)49(31)54-47;1-2-8-39-32(5-1)25-36(27-48-39)43-20-16-34-24-31(14-18-42(34)50-43)30-13-17-41-33(23-30)15-19-40(49-41)29-11-9-28(10-12-29)38-26-35-6-3-21-46-44(35)45-37(38)7-4-22-47-45/h1-29H;1-27H. The SMILES string of the molecule is c1ccc2ncc(-c3ccc4cc(-c5ccc6nc(-c7ccc(-c8cc9cccnc9c9ncccc89)cc7)ccc6c5)ccc4n3)cc2c1.c1ccc2ncc(-c3ccc4cc(-c5ccc6nc(-c7ccc(-c8ccc9ccc%10cccnc%10c9n8)c8ccccc78)ccc6c5)ccc4n3)cc2c1. The first-order valence-electron chi connectivity index (χ1n) is 34.7. The van der Waals surface area contributed by atoms with Gasteiger partial charge in [0.15, 0.2) is 0 Å². The van der Waals surface area contributed by atoms with Gasteiger partial charge in [-0.1, -0.05) is 182 Å². The number of aromatic nitrogens is 10. The fourth-order valence-corrected chi connectivity index (χ4v) is 14.7. The number of pyridine rings is 10. The molecule has 10 aromatic heterocycles. The van der Waals surface area contributed by atoms with Crippen LogP contribution in [0.1, 0.15) is 0 Å². The molecule has 0 aliphatic rings. The van der Waals surface area contributed by atoms with Crippen molar-refractivity contribution in [1.82, 2.24) is 49.8 Å². The minimum absolute atomic E-state index is 0.915. The lowest BCUT2D eigenvalue weighted by Crippen LogP contribution is -1.92. The molecule has 0 bridgehead atoms. The monoisotopic (exact) mass is 1320 g/mol. The van der Waals surface area contributed by atoms with E-state index in [4.69, 9.17) is 24.9 Å². The first kappa shape index (κ1) is 59.8. The fourth-order valence-electron chi connectivity index (χ4n) is 14.7. The van der Waals surface area contributed by atoms with Crippen molar-refractivity contribution in [3.05, 3.63) is 340 Å². The predicted molar refractivity (Wildman–Crippen MR) is 427 cm³/mol.